The molecule has 0 fully saturated rings. The van der Waals surface area contributed by atoms with Gasteiger partial charge in [0.25, 0.3) is 5.91 Å². The van der Waals surface area contributed by atoms with Crippen molar-refractivity contribution in [1.82, 2.24) is 0 Å². The van der Waals surface area contributed by atoms with Gasteiger partial charge in [0.15, 0.2) is 6.54 Å². The number of likely N-dealkylation sites (N-methyl/N-ethyl adjacent to an activating group) is 1. The first kappa shape index (κ1) is 17.3. The molecule has 0 aliphatic rings. The van der Waals surface area contributed by atoms with Gasteiger partial charge in [-0.3, -0.25) is 4.79 Å². The number of amides is 1. The van der Waals surface area contributed by atoms with Crippen LogP contribution in [0.4, 0.5) is 5.69 Å². The molecule has 2 aromatic rings. The molecule has 0 spiro atoms. The summed E-state index contributed by atoms with van der Waals surface area (Å²) < 4.78 is 5.68. The molecule has 0 heterocycles. The van der Waals surface area contributed by atoms with Crippen molar-refractivity contribution in [2.24, 2.45) is 0 Å². The summed E-state index contributed by atoms with van der Waals surface area (Å²) in [7, 11) is 1.96. The molecule has 1 amide bonds. The number of benzene rings is 2. The Labute approximate surface area is 142 Å². The zero-order chi connectivity index (χ0) is 16.7. The van der Waals surface area contributed by atoms with Gasteiger partial charge in [0.1, 0.15) is 18.9 Å². The van der Waals surface area contributed by atoms with E-state index in [1.54, 1.807) is 12.1 Å². The molecule has 0 saturated carbocycles. The van der Waals surface area contributed by atoms with E-state index in [2.05, 4.69) is 5.32 Å². The molecule has 0 aliphatic carbocycles. The highest BCUT2D eigenvalue weighted by Gasteiger charge is 2.11. The zero-order valence-electron chi connectivity index (χ0n) is 13.4. The molecule has 1 atom stereocenters. The fourth-order valence-electron chi connectivity index (χ4n) is 2.10. The summed E-state index contributed by atoms with van der Waals surface area (Å²) in [6, 6.07) is 15.2. The predicted octanol–water partition coefficient (Wildman–Crippen LogP) is 2.18. The van der Waals surface area contributed by atoms with Gasteiger partial charge in [0.2, 0.25) is 0 Å². The van der Waals surface area contributed by atoms with Crippen LogP contribution in [0.15, 0.2) is 48.5 Å². The summed E-state index contributed by atoms with van der Waals surface area (Å²) in [6.45, 7) is 3.71. The normalized spacial score (nSPS) is 11.8. The molecule has 0 aliphatic heterocycles. The quantitative estimate of drug-likeness (QED) is 0.815. The van der Waals surface area contributed by atoms with Crippen molar-refractivity contribution in [2.75, 3.05) is 32.1 Å². The number of hydrogen-bond acceptors (Lipinski definition) is 2. The van der Waals surface area contributed by atoms with Crippen molar-refractivity contribution < 1.29 is 14.4 Å². The molecule has 4 nitrogen and oxygen atoms in total. The third-order valence-electron chi connectivity index (χ3n) is 3.43. The van der Waals surface area contributed by atoms with Crippen molar-refractivity contribution in [2.45, 2.75) is 6.92 Å². The number of quaternary nitrogens is 1. The van der Waals surface area contributed by atoms with Gasteiger partial charge in [0.05, 0.1) is 17.8 Å². The molecule has 0 saturated heterocycles. The summed E-state index contributed by atoms with van der Waals surface area (Å²) in [6.07, 6.45) is 0. The van der Waals surface area contributed by atoms with Crippen molar-refractivity contribution in [3.05, 3.63) is 59.1 Å². The molecule has 1 unspecified atom stereocenters. The minimum Gasteiger partial charge on any atom is -0.488 e. The molecule has 23 heavy (non-hydrogen) atoms. The first-order valence-corrected chi connectivity index (χ1v) is 7.97. The van der Waals surface area contributed by atoms with Crippen LogP contribution in [-0.2, 0) is 4.79 Å². The third-order valence-corrected chi connectivity index (χ3v) is 3.76. The smallest absolute Gasteiger partial charge is 0.279 e. The molecular formula is C18H22ClN2O2+. The fourth-order valence-corrected chi connectivity index (χ4v) is 2.28. The number of para-hydroxylation sites is 1. The van der Waals surface area contributed by atoms with Gasteiger partial charge in [0, 0.05) is 0 Å². The largest absolute Gasteiger partial charge is 0.488 e. The van der Waals surface area contributed by atoms with E-state index in [-0.39, 0.29) is 5.91 Å². The lowest BCUT2D eigenvalue weighted by Gasteiger charge is -2.15. The van der Waals surface area contributed by atoms with E-state index < -0.39 is 0 Å². The number of carbonyl (C=O) groups excluding carboxylic acids is 1. The van der Waals surface area contributed by atoms with Crippen LogP contribution < -0.4 is 15.0 Å². The Balaban J connectivity index is 1.71. The van der Waals surface area contributed by atoms with Crippen LogP contribution in [0.3, 0.4) is 0 Å². The van der Waals surface area contributed by atoms with Gasteiger partial charge in [-0.15, -0.1) is 0 Å². The molecule has 0 radical (unpaired) electrons. The molecule has 5 heteroatoms. The van der Waals surface area contributed by atoms with Gasteiger partial charge >= 0.3 is 0 Å². The molecule has 122 valence electrons. The summed E-state index contributed by atoms with van der Waals surface area (Å²) in [5.74, 6) is 0.787. The topological polar surface area (TPSA) is 42.8 Å². The summed E-state index contributed by atoms with van der Waals surface area (Å²) >= 11 is 6.03. The van der Waals surface area contributed by atoms with E-state index >= 15 is 0 Å². The summed E-state index contributed by atoms with van der Waals surface area (Å²) in [5.41, 5.74) is 1.85. The van der Waals surface area contributed by atoms with Crippen LogP contribution in [0.2, 0.25) is 5.02 Å². The van der Waals surface area contributed by atoms with Crippen molar-refractivity contribution in [1.29, 1.82) is 0 Å². The number of anilines is 1. The highest BCUT2D eigenvalue weighted by Crippen LogP contribution is 2.19. The Hall–Kier alpha value is -2.04. The first-order valence-electron chi connectivity index (χ1n) is 7.60. The average molecular weight is 334 g/mol. The van der Waals surface area contributed by atoms with Crippen LogP contribution in [0.1, 0.15) is 5.56 Å². The van der Waals surface area contributed by atoms with Crippen LogP contribution in [0.5, 0.6) is 5.75 Å². The summed E-state index contributed by atoms with van der Waals surface area (Å²) in [4.78, 5) is 13.1. The minimum atomic E-state index is -0.0639. The Kier molecular flexibility index (Phi) is 6.44. The number of carbonyl (C=O) groups is 1. The van der Waals surface area contributed by atoms with E-state index in [9.17, 15) is 4.79 Å². The Morgan fingerprint density at radius 2 is 1.87 bits per heavy atom. The van der Waals surface area contributed by atoms with Crippen LogP contribution in [0.25, 0.3) is 0 Å². The van der Waals surface area contributed by atoms with E-state index in [0.717, 1.165) is 17.2 Å². The second-order valence-electron chi connectivity index (χ2n) is 5.57. The first-order chi connectivity index (χ1) is 11.0. The maximum Gasteiger partial charge on any atom is 0.279 e. The number of nitrogens with one attached hydrogen (secondary N) is 2. The van der Waals surface area contributed by atoms with E-state index in [1.807, 2.05) is 50.4 Å². The molecule has 2 rings (SSSR count). The summed E-state index contributed by atoms with van der Waals surface area (Å²) in [5, 5.41) is 3.37. The number of hydrogen-bond donors (Lipinski definition) is 2. The van der Waals surface area contributed by atoms with Crippen LogP contribution in [0, 0.1) is 6.92 Å². The molecule has 0 bridgehead atoms. The monoisotopic (exact) mass is 333 g/mol. The molecule has 2 aromatic carbocycles. The Morgan fingerprint density at radius 3 is 2.57 bits per heavy atom. The predicted molar refractivity (Wildman–Crippen MR) is 93.4 cm³/mol. The van der Waals surface area contributed by atoms with Gasteiger partial charge in [-0.25, -0.2) is 0 Å². The maximum absolute atomic E-state index is 12.0. The van der Waals surface area contributed by atoms with Crippen molar-refractivity contribution in [3.63, 3.8) is 0 Å². The van der Waals surface area contributed by atoms with E-state index in [0.29, 0.717) is 23.9 Å². The van der Waals surface area contributed by atoms with Crippen LogP contribution in [-0.4, -0.2) is 32.7 Å². The third kappa shape index (κ3) is 5.93. The lowest BCUT2D eigenvalue weighted by Crippen LogP contribution is -3.10. The van der Waals surface area contributed by atoms with Gasteiger partial charge in [-0.2, -0.15) is 0 Å². The van der Waals surface area contributed by atoms with Gasteiger partial charge in [-0.05, 0) is 31.2 Å². The lowest BCUT2D eigenvalue weighted by atomic mass is 10.2. The van der Waals surface area contributed by atoms with Crippen molar-refractivity contribution in [3.8, 4) is 5.75 Å². The van der Waals surface area contributed by atoms with E-state index in [4.69, 9.17) is 16.3 Å². The second-order valence-corrected chi connectivity index (χ2v) is 5.98. The lowest BCUT2D eigenvalue weighted by molar-refractivity contribution is -0.871. The Morgan fingerprint density at radius 1 is 1.17 bits per heavy atom. The number of halogens is 1. The molecular weight excluding hydrogens is 312 g/mol. The van der Waals surface area contributed by atoms with Gasteiger partial charge < -0.3 is 15.0 Å². The zero-order valence-corrected chi connectivity index (χ0v) is 14.2. The Bertz CT molecular complexity index is 644. The number of ether oxygens (including phenoxy) is 1. The van der Waals surface area contributed by atoms with Crippen molar-refractivity contribution >= 4 is 23.2 Å². The molecule has 2 N–H and O–H groups in total. The SMILES string of the molecule is Cc1ccc(OCC[NH+](C)CC(=O)Nc2ccccc2Cl)cc1. The highest BCUT2D eigenvalue weighted by molar-refractivity contribution is 6.33. The highest BCUT2D eigenvalue weighted by atomic mass is 35.5. The second kappa shape index (κ2) is 8.56. The van der Waals surface area contributed by atoms with Gasteiger partial charge in [-0.1, -0.05) is 41.4 Å². The standard InChI is InChI=1S/C18H21ClN2O2/c1-14-7-9-15(10-8-14)23-12-11-21(2)13-18(22)20-17-6-4-3-5-16(17)19/h3-10H,11-13H2,1-2H3,(H,20,22)/p+1. The number of aryl methyl sites for hydroxylation is 1. The minimum absolute atomic E-state index is 0.0639. The molecule has 0 aromatic heterocycles. The fraction of sp³-hybridized carbons (Fsp3) is 0.278. The maximum atomic E-state index is 12.0. The average Bonchev–Trinajstić information content (AvgIpc) is 2.51. The number of rotatable bonds is 7. The van der Waals surface area contributed by atoms with E-state index in [1.165, 1.54) is 5.56 Å². The van der Waals surface area contributed by atoms with Crippen LogP contribution >= 0.6 is 11.6 Å².